The molecule has 0 amide bonds. The Morgan fingerprint density at radius 1 is 1.17 bits per heavy atom. The van der Waals surface area contributed by atoms with Crippen LogP contribution in [0.25, 0.3) is 28.0 Å². The Kier molecular flexibility index (Phi) is 5.55. The number of hydrogen-bond donors (Lipinski definition) is 2. The number of aromatic amines is 1. The maximum Gasteiger partial charge on any atom is 0.192 e. The van der Waals surface area contributed by atoms with Crippen LogP contribution in [0.2, 0.25) is 0 Å². The first kappa shape index (κ1) is 19.7. The van der Waals surface area contributed by atoms with E-state index in [4.69, 9.17) is 0 Å². The molecule has 0 aliphatic heterocycles. The molecule has 2 aromatic heterocycles. The van der Waals surface area contributed by atoms with Crippen molar-refractivity contribution in [3.63, 3.8) is 0 Å². The first-order chi connectivity index (χ1) is 14.6. The third kappa shape index (κ3) is 3.67. The summed E-state index contributed by atoms with van der Waals surface area (Å²) in [5.41, 5.74) is 2.65. The summed E-state index contributed by atoms with van der Waals surface area (Å²) in [5.74, 6) is 1.08. The molecule has 2 heterocycles. The SMILES string of the molecule is CCn1c(SC(C)/C(O)=C(\C#N)c2nc3ccccc3[nH]2)nnc1-c1ccccc1. The highest BCUT2D eigenvalue weighted by molar-refractivity contribution is 7.99. The zero-order valence-electron chi connectivity index (χ0n) is 16.6. The second-order valence-corrected chi connectivity index (χ2v) is 7.96. The topological polar surface area (TPSA) is 103 Å². The van der Waals surface area contributed by atoms with Crippen LogP contribution >= 0.6 is 11.8 Å². The number of imidazole rings is 1. The van der Waals surface area contributed by atoms with Gasteiger partial charge in [-0.25, -0.2) is 4.98 Å². The number of benzene rings is 2. The highest BCUT2D eigenvalue weighted by atomic mass is 32.2. The fourth-order valence-corrected chi connectivity index (χ4v) is 4.16. The molecule has 0 radical (unpaired) electrons. The number of fused-ring (bicyclic) bond motifs is 1. The lowest BCUT2D eigenvalue weighted by atomic mass is 10.2. The largest absolute Gasteiger partial charge is 0.510 e. The van der Waals surface area contributed by atoms with Crippen molar-refractivity contribution in [3.05, 3.63) is 66.2 Å². The Hall–Kier alpha value is -3.57. The smallest absolute Gasteiger partial charge is 0.192 e. The number of para-hydroxylation sites is 2. The summed E-state index contributed by atoms with van der Waals surface area (Å²) in [4.78, 5) is 7.53. The minimum atomic E-state index is -0.411. The molecule has 2 N–H and O–H groups in total. The van der Waals surface area contributed by atoms with Gasteiger partial charge < -0.3 is 14.7 Å². The van der Waals surface area contributed by atoms with Crippen LogP contribution in [0.3, 0.4) is 0 Å². The second kappa shape index (κ2) is 8.43. The monoisotopic (exact) mass is 416 g/mol. The van der Waals surface area contributed by atoms with Crippen molar-refractivity contribution in [2.45, 2.75) is 30.8 Å². The molecule has 0 fully saturated rings. The number of allylic oxidation sites excluding steroid dienone is 1. The Morgan fingerprint density at radius 2 is 1.90 bits per heavy atom. The van der Waals surface area contributed by atoms with E-state index >= 15 is 0 Å². The highest BCUT2D eigenvalue weighted by Crippen LogP contribution is 2.31. The predicted octanol–water partition coefficient (Wildman–Crippen LogP) is 4.81. The molecule has 4 aromatic rings. The number of rotatable bonds is 6. The van der Waals surface area contributed by atoms with Gasteiger partial charge in [-0.05, 0) is 26.0 Å². The van der Waals surface area contributed by atoms with Gasteiger partial charge in [0.15, 0.2) is 16.8 Å². The summed E-state index contributed by atoms with van der Waals surface area (Å²) in [6, 6.07) is 19.4. The number of aromatic nitrogens is 5. The van der Waals surface area contributed by atoms with Crippen LogP contribution in [0.1, 0.15) is 19.7 Å². The lowest BCUT2D eigenvalue weighted by molar-refractivity contribution is 0.401. The predicted molar refractivity (Wildman–Crippen MR) is 118 cm³/mol. The van der Waals surface area contributed by atoms with Crippen LogP contribution in [0.5, 0.6) is 0 Å². The molecule has 0 saturated carbocycles. The van der Waals surface area contributed by atoms with Crippen molar-refractivity contribution < 1.29 is 5.11 Å². The maximum absolute atomic E-state index is 10.8. The molecule has 150 valence electrons. The van der Waals surface area contributed by atoms with Gasteiger partial charge in [-0.1, -0.05) is 54.2 Å². The number of aliphatic hydroxyl groups excluding tert-OH is 1. The van der Waals surface area contributed by atoms with Crippen molar-refractivity contribution in [1.82, 2.24) is 24.7 Å². The Labute approximate surface area is 178 Å². The fourth-order valence-electron chi connectivity index (χ4n) is 3.18. The second-order valence-electron chi connectivity index (χ2n) is 6.65. The molecule has 30 heavy (non-hydrogen) atoms. The van der Waals surface area contributed by atoms with Crippen molar-refractivity contribution in [2.75, 3.05) is 0 Å². The fraction of sp³-hybridized carbons (Fsp3) is 0.182. The van der Waals surface area contributed by atoms with Crippen LogP contribution in [0, 0.1) is 11.3 Å². The minimum absolute atomic E-state index is 0.0477. The van der Waals surface area contributed by atoms with E-state index in [2.05, 4.69) is 26.2 Å². The van der Waals surface area contributed by atoms with Gasteiger partial charge in [0.25, 0.3) is 0 Å². The molecule has 0 bridgehead atoms. The lowest BCUT2D eigenvalue weighted by Gasteiger charge is -2.12. The number of nitriles is 1. The van der Waals surface area contributed by atoms with Gasteiger partial charge in [-0.3, -0.25) is 0 Å². The third-order valence-corrected chi connectivity index (χ3v) is 5.82. The van der Waals surface area contributed by atoms with Gasteiger partial charge in [0.1, 0.15) is 17.4 Å². The summed E-state index contributed by atoms with van der Waals surface area (Å²) in [6.45, 7) is 4.54. The van der Waals surface area contributed by atoms with Gasteiger partial charge in [-0.15, -0.1) is 10.2 Å². The van der Waals surface area contributed by atoms with E-state index in [1.165, 1.54) is 11.8 Å². The minimum Gasteiger partial charge on any atom is -0.510 e. The molecule has 0 spiro atoms. The van der Waals surface area contributed by atoms with Crippen LogP contribution in [-0.4, -0.2) is 35.1 Å². The van der Waals surface area contributed by atoms with Crippen LogP contribution in [-0.2, 0) is 6.54 Å². The van der Waals surface area contributed by atoms with E-state index in [0.29, 0.717) is 17.5 Å². The Balaban J connectivity index is 1.65. The van der Waals surface area contributed by atoms with Gasteiger partial charge >= 0.3 is 0 Å². The van der Waals surface area contributed by atoms with Crippen LogP contribution in [0.4, 0.5) is 0 Å². The van der Waals surface area contributed by atoms with Crippen molar-refractivity contribution in [3.8, 4) is 17.5 Å². The summed E-state index contributed by atoms with van der Waals surface area (Å²) >= 11 is 1.35. The first-order valence-corrected chi connectivity index (χ1v) is 10.4. The number of thioether (sulfide) groups is 1. The zero-order valence-corrected chi connectivity index (χ0v) is 17.4. The summed E-state index contributed by atoms with van der Waals surface area (Å²) in [7, 11) is 0. The van der Waals surface area contributed by atoms with E-state index in [-0.39, 0.29) is 11.3 Å². The summed E-state index contributed by atoms with van der Waals surface area (Å²) in [5, 5.41) is 29.4. The van der Waals surface area contributed by atoms with Gasteiger partial charge in [0.05, 0.1) is 16.3 Å². The molecular formula is C22H20N6OS. The molecule has 0 aliphatic rings. The standard InChI is InChI=1S/C22H20N6OS/c1-3-28-21(15-9-5-4-6-10-15)26-27-22(28)30-14(2)19(29)16(13-23)20-24-17-11-7-8-12-18(17)25-20/h4-12,14,29H,3H2,1-2H3,(H,24,25)/b19-16-. The molecule has 0 aliphatic carbocycles. The third-order valence-electron chi connectivity index (χ3n) is 4.73. The summed E-state index contributed by atoms with van der Waals surface area (Å²) in [6.07, 6.45) is 0. The van der Waals surface area contributed by atoms with E-state index in [0.717, 1.165) is 22.4 Å². The number of aliphatic hydroxyl groups is 1. The highest BCUT2D eigenvalue weighted by Gasteiger charge is 2.22. The molecule has 1 atom stereocenters. The molecule has 0 saturated heterocycles. The molecule has 4 rings (SSSR count). The van der Waals surface area contributed by atoms with Crippen molar-refractivity contribution >= 4 is 28.4 Å². The van der Waals surface area contributed by atoms with E-state index in [9.17, 15) is 10.4 Å². The lowest BCUT2D eigenvalue weighted by Crippen LogP contribution is -2.07. The van der Waals surface area contributed by atoms with Gasteiger partial charge in [0, 0.05) is 12.1 Å². The van der Waals surface area contributed by atoms with Crippen LogP contribution < -0.4 is 0 Å². The number of H-pyrrole nitrogens is 1. The molecule has 7 nitrogen and oxygen atoms in total. The first-order valence-electron chi connectivity index (χ1n) is 9.56. The zero-order chi connectivity index (χ0) is 21.1. The van der Waals surface area contributed by atoms with Crippen molar-refractivity contribution in [2.24, 2.45) is 0 Å². The van der Waals surface area contributed by atoms with E-state index in [1.54, 1.807) is 0 Å². The Bertz CT molecular complexity index is 1220. The van der Waals surface area contributed by atoms with Gasteiger partial charge in [-0.2, -0.15) is 5.26 Å². The van der Waals surface area contributed by atoms with E-state index in [1.807, 2.05) is 73.0 Å². The normalized spacial score (nSPS) is 13.1. The summed E-state index contributed by atoms with van der Waals surface area (Å²) < 4.78 is 2.00. The average Bonchev–Trinajstić information content (AvgIpc) is 3.38. The molecule has 1 unspecified atom stereocenters. The van der Waals surface area contributed by atoms with E-state index < -0.39 is 5.25 Å². The molecular weight excluding hydrogens is 396 g/mol. The quantitative estimate of drug-likeness (QED) is 0.265. The molecule has 2 aromatic carbocycles. The maximum atomic E-state index is 10.8. The number of nitrogens with one attached hydrogen (secondary N) is 1. The number of nitrogens with zero attached hydrogens (tertiary/aromatic N) is 5. The van der Waals surface area contributed by atoms with Crippen LogP contribution in [0.15, 0.2) is 65.5 Å². The molecule has 8 heteroatoms. The van der Waals surface area contributed by atoms with Gasteiger partial charge in [0.2, 0.25) is 0 Å². The van der Waals surface area contributed by atoms with Crippen molar-refractivity contribution in [1.29, 1.82) is 5.26 Å². The average molecular weight is 417 g/mol. The number of hydrogen-bond acceptors (Lipinski definition) is 6. The Morgan fingerprint density at radius 3 is 2.60 bits per heavy atom.